The fourth-order valence-electron chi connectivity index (χ4n) is 2.29. The molecule has 0 spiro atoms. The summed E-state index contributed by atoms with van der Waals surface area (Å²) in [5, 5.41) is 0. The molecular weight excluding hydrogens is 390 g/mol. The molecule has 0 N–H and O–H groups in total. The Morgan fingerprint density at radius 3 is 2.58 bits per heavy atom. The largest absolute Gasteiger partial charge is 0.534 e. The number of alkyl halides is 4. The van der Waals surface area contributed by atoms with Gasteiger partial charge in [-0.1, -0.05) is 0 Å². The number of pyridine rings is 1. The van der Waals surface area contributed by atoms with Gasteiger partial charge in [-0.15, -0.1) is 0 Å². The molecule has 0 aromatic carbocycles. The molecule has 1 fully saturated rings. The van der Waals surface area contributed by atoms with E-state index in [1.807, 2.05) is 0 Å². The van der Waals surface area contributed by atoms with Crippen molar-refractivity contribution < 1.29 is 44.4 Å². The molecule has 0 amide bonds. The van der Waals surface area contributed by atoms with Crippen LogP contribution in [0.15, 0.2) is 17.1 Å². The number of hydrogen-bond acceptors (Lipinski definition) is 7. The molecule has 1 aliphatic rings. The van der Waals surface area contributed by atoms with Crippen molar-refractivity contribution in [2.45, 2.75) is 24.1 Å². The number of esters is 1. The summed E-state index contributed by atoms with van der Waals surface area (Å²) >= 11 is 0. The molecule has 0 bridgehead atoms. The van der Waals surface area contributed by atoms with Crippen LogP contribution in [0.5, 0.6) is 5.75 Å². The molecule has 1 aliphatic heterocycles. The van der Waals surface area contributed by atoms with E-state index in [9.17, 15) is 35.6 Å². The van der Waals surface area contributed by atoms with Gasteiger partial charge in [0.2, 0.25) is 0 Å². The second-order valence-electron chi connectivity index (χ2n) is 5.22. The van der Waals surface area contributed by atoms with Crippen molar-refractivity contribution in [3.05, 3.63) is 28.2 Å². The highest BCUT2D eigenvalue weighted by Gasteiger charge is 2.49. The average molecular weight is 403 g/mol. The van der Waals surface area contributed by atoms with Crippen molar-refractivity contribution >= 4 is 16.1 Å². The minimum absolute atomic E-state index is 0.0583. The predicted octanol–water partition coefficient (Wildman–Crippen LogP) is 1.16. The zero-order chi connectivity index (χ0) is 19.7. The molecule has 13 heteroatoms. The Hall–Kier alpha value is -2.15. The fourth-order valence-corrected chi connectivity index (χ4v) is 2.76. The smallest absolute Gasteiger partial charge is 0.465 e. The number of rotatable bonds is 4. The minimum Gasteiger partial charge on any atom is -0.465 e. The first-order valence-corrected chi connectivity index (χ1v) is 8.46. The zero-order valence-corrected chi connectivity index (χ0v) is 14.0. The van der Waals surface area contributed by atoms with Crippen LogP contribution in [-0.2, 0) is 19.6 Å². The van der Waals surface area contributed by atoms with E-state index in [-0.39, 0.29) is 19.6 Å². The van der Waals surface area contributed by atoms with Crippen molar-refractivity contribution in [3.8, 4) is 5.75 Å². The number of halogens is 4. The Balaban J connectivity index is 2.55. The topological polar surface area (TPSA) is 101 Å². The standard InChI is InChI=1S/C13H13F4NO7S/c1-23-12(20)7-5-18(9-2-3-24-6-8(9)14)11(19)4-10(7)25-26(21,22)13(15,16)17/h4-5,8-9H,2-3,6H2,1H3/t8-,9-/m1/s1. The summed E-state index contributed by atoms with van der Waals surface area (Å²) in [4.78, 5) is 23.9. The summed E-state index contributed by atoms with van der Waals surface area (Å²) in [6.07, 6.45) is -0.849. The molecule has 26 heavy (non-hydrogen) atoms. The number of aromatic nitrogens is 1. The van der Waals surface area contributed by atoms with E-state index in [0.717, 1.165) is 11.7 Å². The van der Waals surface area contributed by atoms with Crippen LogP contribution >= 0.6 is 0 Å². The first kappa shape index (κ1) is 20.2. The monoisotopic (exact) mass is 403 g/mol. The molecule has 2 heterocycles. The van der Waals surface area contributed by atoms with Crippen LogP contribution in [0.1, 0.15) is 22.8 Å². The second-order valence-corrected chi connectivity index (χ2v) is 6.76. The molecule has 0 aliphatic carbocycles. The van der Waals surface area contributed by atoms with Crippen LogP contribution in [0.3, 0.4) is 0 Å². The van der Waals surface area contributed by atoms with Gasteiger partial charge in [-0.25, -0.2) is 9.18 Å². The van der Waals surface area contributed by atoms with E-state index in [1.165, 1.54) is 0 Å². The van der Waals surface area contributed by atoms with Gasteiger partial charge in [0.25, 0.3) is 5.56 Å². The van der Waals surface area contributed by atoms with Crippen LogP contribution < -0.4 is 9.74 Å². The highest BCUT2D eigenvalue weighted by Crippen LogP contribution is 2.30. The molecule has 2 rings (SSSR count). The van der Waals surface area contributed by atoms with Gasteiger partial charge >= 0.3 is 21.6 Å². The third-order valence-electron chi connectivity index (χ3n) is 3.54. The highest BCUT2D eigenvalue weighted by molar-refractivity contribution is 7.88. The third-order valence-corrected chi connectivity index (χ3v) is 4.51. The van der Waals surface area contributed by atoms with Crippen molar-refractivity contribution in [2.75, 3.05) is 20.3 Å². The lowest BCUT2D eigenvalue weighted by atomic mass is 10.1. The maximum atomic E-state index is 14.0. The maximum absolute atomic E-state index is 14.0. The van der Waals surface area contributed by atoms with Crippen LogP contribution in [0.25, 0.3) is 0 Å². The molecule has 1 aromatic heterocycles. The number of nitrogens with zero attached hydrogens (tertiary/aromatic N) is 1. The Morgan fingerprint density at radius 2 is 2.04 bits per heavy atom. The first-order chi connectivity index (χ1) is 12.0. The van der Waals surface area contributed by atoms with E-state index in [4.69, 9.17) is 4.74 Å². The molecule has 8 nitrogen and oxygen atoms in total. The molecule has 2 atom stereocenters. The molecular formula is C13H13F4NO7S. The Labute approximate surface area is 144 Å². The highest BCUT2D eigenvalue weighted by atomic mass is 32.2. The number of ether oxygens (including phenoxy) is 2. The molecule has 1 saturated heterocycles. The van der Waals surface area contributed by atoms with Gasteiger partial charge in [0, 0.05) is 18.9 Å². The predicted molar refractivity (Wildman–Crippen MR) is 77.0 cm³/mol. The average Bonchev–Trinajstić information content (AvgIpc) is 2.54. The van der Waals surface area contributed by atoms with Gasteiger partial charge in [0.05, 0.1) is 19.8 Å². The molecule has 0 unspecified atom stereocenters. The molecule has 0 radical (unpaired) electrons. The van der Waals surface area contributed by atoms with Gasteiger partial charge in [-0.2, -0.15) is 21.6 Å². The lowest BCUT2D eigenvalue weighted by Gasteiger charge is -2.28. The van der Waals surface area contributed by atoms with Gasteiger partial charge in [-0.05, 0) is 6.42 Å². The lowest BCUT2D eigenvalue weighted by Crippen LogP contribution is -2.37. The van der Waals surface area contributed by atoms with E-state index in [1.54, 1.807) is 0 Å². The van der Waals surface area contributed by atoms with Crippen LogP contribution in [0, 0.1) is 0 Å². The summed E-state index contributed by atoms with van der Waals surface area (Å²) in [5.74, 6) is -2.44. The number of carbonyl (C=O) groups is 1. The Kier molecular flexibility index (Phi) is 5.61. The van der Waals surface area contributed by atoms with Gasteiger partial charge < -0.3 is 18.2 Å². The van der Waals surface area contributed by atoms with Crippen LogP contribution in [0.4, 0.5) is 17.6 Å². The SMILES string of the molecule is COC(=O)c1cn([C@@H]2CCOC[C@H]2F)c(=O)cc1OS(=O)(=O)C(F)(F)F. The van der Waals surface area contributed by atoms with Crippen molar-refractivity contribution in [3.63, 3.8) is 0 Å². The summed E-state index contributed by atoms with van der Waals surface area (Å²) in [6.45, 7) is -0.197. The van der Waals surface area contributed by atoms with Gasteiger partial charge in [0.15, 0.2) is 5.75 Å². The van der Waals surface area contributed by atoms with E-state index in [0.29, 0.717) is 12.3 Å². The number of hydrogen-bond donors (Lipinski definition) is 0. The van der Waals surface area contributed by atoms with Crippen LogP contribution in [0.2, 0.25) is 0 Å². The second kappa shape index (κ2) is 7.23. The van der Waals surface area contributed by atoms with Gasteiger partial charge in [0.1, 0.15) is 11.7 Å². The number of carbonyl (C=O) groups excluding carboxylic acids is 1. The summed E-state index contributed by atoms with van der Waals surface area (Å²) < 4.78 is 87.6. The fraction of sp³-hybridized carbons (Fsp3) is 0.538. The van der Waals surface area contributed by atoms with Crippen molar-refractivity contribution in [1.29, 1.82) is 0 Å². The molecule has 1 aromatic rings. The van der Waals surface area contributed by atoms with Crippen molar-refractivity contribution in [1.82, 2.24) is 4.57 Å². The van der Waals surface area contributed by atoms with E-state index < -0.39 is 50.7 Å². The normalized spacial score (nSPS) is 21.3. The Morgan fingerprint density at radius 1 is 1.38 bits per heavy atom. The minimum atomic E-state index is -6.13. The van der Waals surface area contributed by atoms with Crippen molar-refractivity contribution in [2.24, 2.45) is 0 Å². The molecule has 146 valence electrons. The first-order valence-electron chi connectivity index (χ1n) is 7.05. The van der Waals surface area contributed by atoms with Crippen LogP contribution in [-0.4, -0.2) is 51.0 Å². The quantitative estimate of drug-likeness (QED) is 0.322. The third kappa shape index (κ3) is 3.98. The Bertz CT molecular complexity index is 849. The number of methoxy groups -OCH3 is 1. The summed E-state index contributed by atoms with van der Waals surface area (Å²) in [7, 11) is -5.25. The maximum Gasteiger partial charge on any atom is 0.534 e. The lowest BCUT2D eigenvalue weighted by molar-refractivity contribution is -0.0500. The summed E-state index contributed by atoms with van der Waals surface area (Å²) in [5.41, 5.74) is -7.61. The van der Waals surface area contributed by atoms with Gasteiger partial charge in [-0.3, -0.25) is 4.79 Å². The summed E-state index contributed by atoms with van der Waals surface area (Å²) in [6, 6.07) is -0.689. The zero-order valence-electron chi connectivity index (χ0n) is 13.2. The van der Waals surface area contributed by atoms with E-state index >= 15 is 0 Å². The van der Waals surface area contributed by atoms with E-state index in [2.05, 4.69) is 8.92 Å². The molecule has 0 saturated carbocycles.